The first-order valence-corrected chi connectivity index (χ1v) is 14.7. The Balaban J connectivity index is 1.09. The Labute approximate surface area is 250 Å². The van der Waals surface area contributed by atoms with Gasteiger partial charge < -0.3 is 10.5 Å². The molecule has 8 nitrogen and oxygen atoms in total. The third-order valence-electron chi connectivity index (χ3n) is 8.32. The lowest BCUT2D eigenvalue weighted by molar-refractivity contribution is -0.134. The molecule has 2 aliphatic rings. The maximum absolute atomic E-state index is 12.3. The van der Waals surface area contributed by atoms with Gasteiger partial charge in [-0.3, -0.25) is 29.6 Å². The number of ether oxygens (including phenoxy) is 1. The molecule has 0 bridgehead atoms. The smallest absolute Gasteiger partial charge is 0.250 e. The second kappa shape index (κ2) is 12.6. The Bertz CT molecular complexity index is 1610. The van der Waals surface area contributed by atoms with Crippen molar-refractivity contribution in [1.29, 1.82) is 0 Å². The number of piperidine rings is 2. The molecule has 4 aromatic rings. The third kappa shape index (κ3) is 6.65. The Morgan fingerprint density at radius 3 is 2.23 bits per heavy atom. The van der Waals surface area contributed by atoms with Crippen molar-refractivity contribution in [1.82, 2.24) is 15.2 Å². The quantitative estimate of drug-likeness (QED) is 0.267. The minimum atomic E-state index is -0.503. The maximum Gasteiger partial charge on any atom is 0.250 e. The van der Waals surface area contributed by atoms with E-state index in [0.29, 0.717) is 29.8 Å². The van der Waals surface area contributed by atoms with Gasteiger partial charge in [0.15, 0.2) is 0 Å². The average molecular weight is 575 g/mol. The largest absolute Gasteiger partial charge is 0.457 e. The van der Waals surface area contributed by atoms with Crippen LogP contribution in [0.2, 0.25) is 0 Å². The number of benzene rings is 3. The van der Waals surface area contributed by atoms with Crippen LogP contribution in [0, 0.1) is 0 Å². The lowest BCUT2D eigenvalue weighted by Gasteiger charge is -2.32. The molecule has 8 heteroatoms. The van der Waals surface area contributed by atoms with Crippen LogP contribution in [0.3, 0.4) is 0 Å². The van der Waals surface area contributed by atoms with E-state index in [1.54, 1.807) is 6.07 Å². The van der Waals surface area contributed by atoms with Gasteiger partial charge in [0.25, 0.3) is 5.91 Å². The third-order valence-corrected chi connectivity index (χ3v) is 8.32. The molecule has 43 heavy (non-hydrogen) atoms. The number of nitrogens with one attached hydrogen (secondary N) is 1. The molecule has 3 amide bonds. The first-order chi connectivity index (χ1) is 20.9. The zero-order valence-corrected chi connectivity index (χ0v) is 23.9. The summed E-state index contributed by atoms with van der Waals surface area (Å²) in [5.41, 5.74) is 10.6. The van der Waals surface area contributed by atoms with E-state index in [1.807, 2.05) is 72.8 Å². The summed E-state index contributed by atoms with van der Waals surface area (Å²) in [7, 11) is 0. The first-order valence-electron chi connectivity index (χ1n) is 14.7. The number of carbonyl (C=O) groups is 3. The Morgan fingerprint density at radius 1 is 0.860 bits per heavy atom. The maximum atomic E-state index is 12.3. The summed E-state index contributed by atoms with van der Waals surface area (Å²) in [6.07, 6.45) is 2.85. The lowest BCUT2D eigenvalue weighted by Crippen LogP contribution is -2.39. The van der Waals surface area contributed by atoms with Crippen LogP contribution in [-0.4, -0.2) is 40.7 Å². The highest BCUT2D eigenvalue weighted by molar-refractivity contribution is 6.01. The molecule has 3 heterocycles. The van der Waals surface area contributed by atoms with Gasteiger partial charge in [-0.1, -0.05) is 42.5 Å². The number of nitrogens with two attached hydrogens (primary N) is 1. The number of pyridine rings is 1. The van der Waals surface area contributed by atoms with Gasteiger partial charge in [0, 0.05) is 30.1 Å². The minimum Gasteiger partial charge on any atom is -0.457 e. The molecule has 3 aromatic carbocycles. The van der Waals surface area contributed by atoms with Crippen LogP contribution in [0.4, 0.5) is 0 Å². The fourth-order valence-corrected chi connectivity index (χ4v) is 5.94. The fourth-order valence-electron chi connectivity index (χ4n) is 5.94. The van der Waals surface area contributed by atoms with Crippen molar-refractivity contribution in [3.8, 4) is 22.8 Å². The zero-order valence-electron chi connectivity index (χ0n) is 23.9. The number of likely N-dealkylation sites (tertiary alicyclic amines) is 1. The van der Waals surface area contributed by atoms with Gasteiger partial charge in [-0.2, -0.15) is 0 Å². The van der Waals surface area contributed by atoms with Crippen LogP contribution in [0.5, 0.6) is 11.5 Å². The van der Waals surface area contributed by atoms with Gasteiger partial charge in [-0.05, 0) is 92.0 Å². The number of hydrogen-bond acceptors (Lipinski definition) is 6. The highest BCUT2D eigenvalue weighted by Gasteiger charge is 2.28. The standard InChI is InChI=1S/C35H34N4O4/c36-34(41)30-14-16-31(37-33(30)26-10-12-28(13-11-26)43-27-4-2-1-3-5-27)25-18-20-39(21-19-25)22-23-6-8-24(9-7-23)29-15-17-32(40)38-35(29)42/h1-14,16,25,29H,15,17-22H2,(H2,36,41)(H,38,40,42). The van der Waals surface area contributed by atoms with Crippen molar-refractivity contribution in [3.05, 3.63) is 113 Å². The minimum absolute atomic E-state index is 0.195. The van der Waals surface area contributed by atoms with E-state index in [4.69, 9.17) is 15.5 Å². The van der Waals surface area contributed by atoms with Crippen LogP contribution in [0.25, 0.3) is 11.3 Å². The normalized spacial score (nSPS) is 17.8. The molecule has 2 aliphatic heterocycles. The van der Waals surface area contributed by atoms with Crippen molar-refractivity contribution >= 4 is 17.7 Å². The summed E-state index contributed by atoms with van der Waals surface area (Å²) in [4.78, 5) is 43.3. The molecule has 1 aromatic heterocycles. The highest BCUT2D eigenvalue weighted by atomic mass is 16.5. The van der Waals surface area contributed by atoms with E-state index in [2.05, 4.69) is 22.3 Å². The first kappa shape index (κ1) is 28.3. The lowest BCUT2D eigenvalue weighted by atomic mass is 9.89. The van der Waals surface area contributed by atoms with Crippen LogP contribution in [-0.2, 0) is 16.1 Å². The van der Waals surface area contributed by atoms with E-state index in [9.17, 15) is 14.4 Å². The number of nitrogens with zero attached hydrogens (tertiary/aromatic N) is 2. The molecule has 2 saturated heterocycles. The number of hydrogen-bond donors (Lipinski definition) is 2. The van der Waals surface area contributed by atoms with Crippen molar-refractivity contribution in [3.63, 3.8) is 0 Å². The number of imide groups is 1. The van der Waals surface area contributed by atoms with Crippen molar-refractivity contribution < 1.29 is 19.1 Å². The average Bonchev–Trinajstić information content (AvgIpc) is 3.03. The van der Waals surface area contributed by atoms with Gasteiger partial charge in [-0.15, -0.1) is 0 Å². The van der Waals surface area contributed by atoms with Gasteiger partial charge >= 0.3 is 0 Å². The molecule has 6 rings (SSSR count). The van der Waals surface area contributed by atoms with E-state index in [0.717, 1.165) is 55.0 Å². The number of primary amides is 1. The predicted octanol–water partition coefficient (Wildman–Crippen LogP) is 5.54. The van der Waals surface area contributed by atoms with Gasteiger partial charge in [0.1, 0.15) is 11.5 Å². The number of rotatable bonds is 8. The second-order valence-electron chi connectivity index (χ2n) is 11.2. The molecule has 0 aliphatic carbocycles. The van der Waals surface area contributed by atoms with Crippen LogP contribution in [0.1, 0.15) is 64.7 Å². The van der Waals surface area contributed by atoms with Crippen molar-refractivity contribution in [2.24, 2.45) is 5.73 Å². The summed E-state index contributed by atoms with van der Waals surface area (Å²) in [5.74, 6) is 0.570. The van der Waals surface area contributed by atoms with Gasteiger partial charge in [0.2, 0.25) is 11.8 Å². The Kier molecular flexibility index (Phi) is 8.29. The number of para-hydroxylation sites is 1. The number of aromatic nitrogens is 1. The van der Waals surface area contributed by atoms with E-state index >= 15 is 0 Å². The summed E-state index contributed by atoms with van der Waals surface area (Å²) in [6, 6.07) is 29.0. The van der Waals surface area contributed by atoms with Crippen molar-refractivity contribution in [2.45, 2.75) is 44.1 Å². The molecule has 1 atom stereocenters. The van der Waals surface area contributed by atoms with Crippen molar-refractivity contribution in [2.75, 3.05) is 13.1 Å². The summed E-state index contributed by atoms with van der Waals surface area (Å²) < 4.78 is 5.92. The Hall–Kier alpha value is -4.82. The predicted molar refractivity (Wildman–Crippen MR) is 164 cm³/mol. The monoisotopic (exact) mass is 574 g/mol. The topological polar surface area (TPSA) is 115 Å². The van der Waals surface area contributed by atoms with E-state index in [1.165, 1.54) is 5.56 Å². The molecule has 218 valence electrons. The molecule has 1 unspecified atom stereocenters. The molecule has 0 spiro atoms. The molecular formula is C35H34N4O4. The molecule has 3 N–H and O–H groups in total. The molecule has 0 saturated carbocycles. The summed E-state index contributed by atoms with van der Waals surface area (Å²) in [5, 5.41) is 2.44. The summed E-state index contributed by atoms with van der Waals surface area (Å²) in [6.45, 7) is 2.69. The number of amides is 3. The van der Waals surface area contributed by atoms with Crippen LogP contribution >= 0.6 is 0 Å². The SMILES string of the molecule is NC(=O)c1ccc(C2CCN(Cc3ccc(C4CCC(=O)NC4=O)cc3)CC2)nc1-c1ccc(Oc2ccccc2)cc1. The second-order valence-corrected chi connectivity index (χ2v) is 11.2. The van der Waals surface area contributed by atoms with E-state index in [-0.39, 0.29) is 23.7 Å². The highest BCUT2D eigenvalue weighted by Crippen LogP contribution is 2.32. The van der Waals surface area contributed by atoms with Gasteiger partial charge in [0.05, 0.1) is 17.2 Å². The Morgan fingerprint density at radius 2 is 1.56 bits per heavy atom. The molecule has 2 fully saturated rings. The van der Waals surface area contributed by atoms with Crippen LogP contribution in [0.15, 0.2) is 91.0 Å². The summed E-state index contributed by atoms with van der Waals surface area (Å²) >= 11 is 0. The van der Waals surface area contributed by atoms with Gasteiger partial charge in [-0.25, -0.2) is 0 Å². The molecular weight excluding hydrogens is 540 g/mol. The zero-order chi connectivity index (χ0) is 29.8. The van der Waals surface area contributed by atoms with E-state index < -0.39 is 5.91 Å². The van der Waals surface area contributed by atoms with Crippen LogP contribution < -0.4 is 15.8 Å². The number of carbonyl (C=O) groups excluding carboxylic acids is 3. The fraction of sp³-hybridized carbons (Fsp3) is 0.257. The molecule has 0 radical (unpaired) electrons.